The van der Waals surface area contributed by atoms with Crippen molar-refractivity contribution in [1.29, 1.82) is 0 Å². The predicted octanol–water partition coefficient (Wildman–Crippen LogP) is 5.69. The summed E-state index contributed by atoms with van der Waals surface area (Å²) in [5.74, 6) is -0.778. The number of ether oxygens (including phenoxy) is 1. The molecule has 0 spiro atoms. The van der Waals surface area contributed by atoms with Crippen LogP contribution in [0.1, 0.15) is 31.7 Å². The third-order valence-electron chi connectivity index (χ3n) is 5.69. The van der Waals surface area contributed by atoms with Crippen LogP contribution in [0.25, 0.3) is 10.9 Å². The molecule has 172 valence electrons. The third-order valence-corrected chi connectivity index (χ3v) is 5.69. The number of nitrogens with zero attached hydrogens (tertiary/aromatic N) is 3. The van der Waals surface area contributed by atoms with E-state index in [0.29, 0.717) is 31.1 Å². The van der Waals surface area contributed by atoms with E-state index < -0.39 is 24.0 Å². The lowest BCUT2D eigenvalue weighted by atomic mass is 9.87. The second-order valence-corrected chi connectivity index (χ2v) is 7.83. The summed E-state index contributed by atoms with van der Waals surface area (Å²) in [7, 11) is 0. The average Bonchev–Trinajstić information content (AvgIpc) is 3.14. The van der Waals surface area contributed by atoms with Crippen molar-refractivity contribution >= 4 is 22.9 Å². The van der Waals surface area contributed by atoms with Crippen molar-refractivity contribution in [2.45, 2.75) is 44.3 Å². The van der Waals surface area contributed by atoms with Crippen LogP contribution < -0.4 is 9.64 Å². The minimum Gasteiger partial charge on any atom is -0.403 e. The number of hydrogen-bond donors (Lipinski definition) is 0. The number of aromatic nitrogens is 2. The number of carbonyl (C=O) groups excluding carboxylic acids is 1. The van der Waals surface area contributed by atoms with Crippen molar-refractivity contribution in [3.8, 4) is 5.75 Å². The average molecular weight is 459 g/mol. The number of rotatable bonds is 4. The van der Waals surface area contributed by atoms with Crippen molar-refractivity contribution in [2.24, 2.45) is 5.92 Å². The highest BCUT2D eigenvalue weighted by atomic mass is 19.4. The van der Waals surface area contributed by atoms with Crippen LogP contribution >= 0.6 is 0 Å². The number of fused-ring (bicyclic) bond motifs is 1. The largest absolute Gasteiger partial charge is 0.573 e. The normalized spacial score (nSPS) is 22.2. The van der Waals surface area contributed by atoms with Gasteiger partial charge in [0.05, 0.1) is 17.2 Å². The number of alkyl halides is 6. The Morgan fingerprint density at radius 3 is 2.41 bits per heavy atom. The van der Waals surface area contributed by atoms with Gasteiger partial charge in [0.2, 0.25) is 0 Å². The molecule has 1 aromatic carbocycles. The van der Waals surface area contributed by atoms with E-state index in [4.69, 9.17) is 0 Å². The van der Waals surface area contributed by atoms with Gasteiger partial charge in [0.1, 0.15) is 12.0 Å². The van der Waals surface area contributed by atoms with E-state index in [0.717, 1.165) is 23.3 Å². The molecule has 2 heterocycles. The third kappa shape index (κ3) is 4.61. The number of halogens is 6. The van der Waals surface area contributed by atoms with Crippen molar-refractivity contribution < 1.29 is 35.9 Å². The highest BCUT2D eigenvalue weighted by Gasteiger charge is 2.40. The number of aldehydes is 1. The summed E-state index contributed by atoms with van der Waals surface area (Å²) in [6.45, 7) is -0.269. The van der Waals surface area contributed by atoms with E-state index >= 15 is 0 Å². The number of carbonyl (C=O) groups is 1. The first-order valence-corrected chi connectivity index (χ1v) is 10.0. The predicted molar refractivity (Wildman–Crippen MR) is 104 cm³/mol. The molecule has 1 aliphatic heterocycles. The molecule has 2 aliphatic rings. The van der Waals surface area contributed by atoms with Crippen LogP contribution in [-0.4, -0.2) is 35.2 Å². The summed E-state index contributed by atoms with van der Waals surface area (Å²) in [5, 5.41) is 4.74. The van der Waals surface area contributed by atoms with Crippen LogP contribution in [0, 0.1) is 5.92 Å². The number of benzene rings is 1. The number of allylic oxidation sites excluding steroid dienone is 3. The van der Waals surface area contributed by atoms with Gasteiger partial charge in [-0.2, -0.15) is 18.3 Å². The zero-order valence-electron chi connectivity index (χ0n) is 16.7. The van der Waals surface area contributed by atoms with Crippen molar-refractivity contribution in [3.63, 3.8) is 0 Å². The monoisotopic (exact) mass is 459 g/mol. The fraction of sp³-hybridized carbons (Fsp3) is 0.429. The maximum Gasteiger partial charge on any atom is 0.573 e. The summed E-state index contributed by atoms with van der Waals surface area (Å²) in [6, 6.07) is 2.20. The minimum atomic E-state index is -5.09. The van der Waals surface area contributed by atoms with Gasteiger partial charge in [-0.15, -0.1) is 13.2 Å². The van der Waals surface area contributed by atoms with Crippen LogP contribution in [0.5, 0.6) is 5.75 Å². The van der Waals surface area contributed by atoms with E-state index in [9.17, 15) is 31.1 Å². The lowest BCUT2D eigenvalue weighted by Crippen LogP contribution is -2.34. The quantitative estimate of drug-likeness (QED) is 0.436. The van der Waals surface area contributed by atoms with Crippen LogP contribution in [0.2, 0.25) is 0 Å². The van der Waals surface area contributed by atoms with Crippen molar-refractivity contribution in [2.75, 3.05) is 11.4 Å². The van der Waals surface area contributed by atoms with E-state index in [-0.39, 0.29) is 29.7 Å². The fourth-order valence-corrected chi connectivity index (χ4v) is 4.16. The van der Waals surface area contributed by atoms with Crippen LogP contribution in [0.4, 0.5) is 32.0 Å². The van der Waals surface area contributed by atoms with Crippen molar-refractivity contribution in [3.05, 3.63) is 42.3 Å². The molecule has 0 N–H and O–H groups in total. The van der Waals surface area contributed by atoms with E-state index in [1.54, 1.807) is 10.9 Å². The number of hydrogen-bond acceptors (Lipinski definition) is 4. The molecular formula is C21H19F6N3O2. The maximum atomic E-state index is 13.5. The SMILES string of the molecule is O=CC1CCC(n2cc3cc(N4CC=CC=C4C(F)(F)F)c(OC(F)(F)F)cc3n2)CC1. The molecule has 1 aliphatic carbocycles. The van der Waals surface area contributed by atoms with Gasteiger partial charge in [0.15, 0.2) is 5.75 Å². The Morgan fingerprint density at radius 1 is 1.06 bits per heavy atom. The van der Waals surface area contributed by atoms with Gasteiger partial charge in [0.25, 0.3) is 0 Å². The van der Waals surface area contributed by atoms with Gasteiger partial charge < -0.3 is 14.4 Å². The minimum absolute atomic E-state index is 0.0191. The molecular weight excluding hydrogens is 440 g/mol. The zero-order chi connectivity index (χ0) is 23.1. The molecule has 0 unspecified atom stereocenters. The molecule has 4 rings (SSSR count). The Kier molecular flexibility index (Phi) is 5.68. The molecule has 0 atom stereocenters. The molecule has 1 saturated carbocycles. The Labute approximate surface area is 178 Å². The lowest BCUT2D eigenvalue weighted by Gasteiger charge is -2.31. The van der Waals surface area contributed by atoms with Gasteiger partial charge in [-0.05, 0) is 37.8 Å². The highest BCUT2D eigenvalue weighted by Crippen LogP contribution is 2.42. The second kappa shape index (κ2) is 8.18. The van der Waals surface area contributed by atoms with Crippen LogP contribution in [-0.2, 0) is 4.79 Å². The number of anilines is 1. The van der Waals surface area contributed by atoms with Crippen LogP contribution in [0.3, 0.4) is 0 Å². The molecule has 1 aromatic heterocycles. The first-order chi connectivity index (χ1) is 15.0. The summed E-state index contributed by atoms with van der Waals surface area (Å²) >= 11 is 0. The molecule has 1 fully saturated rings. The fourth-order valence-electron chi connectivity index (χ4n) is 4.16. The van der Waals surface area contributed by atoms with Gasteiger partial charge in [-0.1, -0.05) is 12.2 Å². The standard InChI is InChI=1S/C21H19F6N3O2/c22-20(23,24)19-3-1-2-8-29(19)17-9-14-11-30(15-6-4-13(12-31)5-7-15)28-16(14)10-18(17)32-21(25,26)27/h1-3,9-13,15H,4-8H2. The Bertz CT molecular complexity index is 1060. The lowest BCUT2D eigenvalue weighted by molar-refractivity contribution is -0.274. The zero-order valence-corrected chi connectivity index (χ0v) is 16.7. The topological polar surface area (TPSA) is 47.4 Å². The van der Waals surface area contributed by atoms with Crippen molar-refractivity contribution in [1.82, 2.24) is 9.78 Å². The molecule has 11 heteroatoms. The highest BCUT2D eigenvalue weighted by molar-refractivity contribution is 5.87. The first-order valence-electron chi connectivity index (χ1n) is 10.0. The molecule has 5 nitrogen and oxygen atoms in total. The summed E-state index contributed by atoms with van der Waals surface area (Å²) < 4.78 is 85.4. The van der Waals surface area contributed by atoms with E-state index in [1.807, 2.05) is 0 Å². The van der Waals surface area contributed by atoms with Gasteiger partial charge in [-0.25, -0.2) is 0 Å². The van der Waals surface area contributed by atoms with Gasteiger partial charge in [-0.3, -0.25) is 4.68 Å². The van der Waals surface area contributed by atoms with Gasteiger partial charge >= 0.3 is 12.5 Å². The maximum absolute atomic E-state index is 13.5. The molecule has 0 amide bonds. The molecule has 2 aromatic rings. The summed E-state index contributed by atoms with van der Waals surface area (Å²) in [4.78, 5) is 11.7. The molecule has 32 heavy (non-hydrogen) atoms. The van der Waals surface area contributed by atoms with Crippen LogP contribution in [0.15, 0.2) is 42.3 Å². The van der Waals surface area contributed by atoms with E-state index in [1.165, 1.54) is 18.2 Å². The van der Waals surface area contributed by atoms with E-state index in [2.05, 4.69) is 9.84 Å². The molecule has 0 saturated heterocycles. The Balaban J connectivity index is 1.75. The molecule has 0 radical (unpaired) electrons. The second-order valence-electron chi connectivity index (χ2n) is 7.83. The van der Waals surface area contributed by atoms with Gasteiger partial charge in [0, 0.05) is 30.1 Å². The first kappa shape index (κ1) is 22.2. The summed E-state index contributed by atoms with van der Waals surface area (Å²) in [5.41, 5.74) is -1.27. The summed E-state index contributed by atoms with van der Waals surface area (Å²) in [6.07, 6.45) is -1.21. The smallest absolute Gasteiger partial charge is 0.403 e. The molecule has 0 bridgehead atoms. The Morgan fingerprint density at radius 2 is 1.78 bits per heavy atom. The Hall–Kier alpha value is -2.98.